The summed E-state index contributed by atoms with van der Waals surface area (Å²) < 4.78 is 39.3. The monoisotopic (exact) mass is 338 g/mol. The lowest BCUT2D eigenvalue weighted by Crippen LogP contribution is -2.32. The van der Waals surface area contributed by atoms with E-state index in [0.717, 1.165) is 19.0 Å². The number of rotatable bonds is 7. The molecule has 102 valence electrons. The Bertz CT molecular complexity index is 494. The molecule has 0 atom stereocenters. The second-order valence-electron chi connectivity index (χ2n) is 3.72. The minimum atomic E-state index is -3.57. The number of halogens is 2. The molecule has 0 heterocycles. The van der Waals surface area contributed by atoms with Gasteiger partial charge in [0.15, 0.2) is 0 Å². The van der Waals surface area contributed by atoms with Gasteiger partial charge in [-0.25, -0.2) is 17.5 Å². The standard InChI is InChI=1S/C11H16BrFN2O2S/c1-2-5-14-6-7-15-18(16,17)9-3-4-11(13)10(12)8-9/h3-4,8,14-15H,2,5-7H2,1H3. The van der Waals surface area contributed by atoms with Gasteiger partial charge in [-0.05, 0) is 47.1 Å². The van der Waals surface area contributed by atoms with E-state index in [2.05, 4.69) is 26.0 Å². The van der Waals surface area contributed by atoms with Crippen molar-refractivity contribution in [1.29, 1.82) is 0 Å². The Morgan fingerprint density at radius 3 is 2.61 bits per heavy atom. The zero-order valence-corrected chi connectivity index (χ0v) is 12.4. The molecule has 18 heavy (non-hydrogen) atoms. The summed E-state index contributed by atoms with van der Waals surface area (Å²) in [5.74, 6) is -0.487. The second kappa shape index (κ2) is 7.18. The predicted octanol–water partition coefficient (Wildman–Crippen LogP) is 1.87. The highest BCUT2D eigenvalue weighted by Crippen LogP contribution is 2.19. The van der Waals surface area contributed by atoms with Crippen molar-refractivity contribution in [2.75, 3.05) is 19.6 Å². The highest BCUT2D eigenvalue weighted by molar-refractivity contribution is 9.10. The van der Waals surface area contributed by atoms with Gasteiger partial charge >= 0.3 is 0 Å². The summed E-state index contributed by atoms with van der Waals surface area (Å²) in [7, 11) is -3.57. The lowest BCUT2D eigenvalue weighted by Gasteiger charge is -2.08. The molecule has 0 aromatic heterocycles. The molecule has 0 amide bonds. The van der Waals surface area contributed by atoms with E-state index in [-0.39, 0.29) is 9.37 Å². The van der Waals surface area contributed by atoms with Crippen LogP contribution < -0.4 is 10.0 Å². The molecule has 0 spiro atoms. The molecular formula is C11H16BrFN2O2S. The van der Waals surface area contributed by atoms with Gasteiger partial charge in [-0.2, -0.15) is 0 Å². The van der Waals surface area contributed by atoms with Gasteiger partial charge in [-0.3, -0.25) is 0 Å². The average molecular weight is 339 g/mol. The van der Waals surface area contributed by atoms with E-state index in [4.69, 9.17) is 0 Å². The van der Waals surface area contributed by atoms with Crippen LogP contribution in [0.25, 0.3) is 0 Å². The van der Waals surface area contributed by atoms with Crippen LogP contribution in [0.3, 0.4) is 0 Å². The SMILES string of the molecule is CCCNCCNS(=O)(=O)c1ccc(F)c(Br)c1. The van der Waals surface area contributed by atoms with Crippen molar-refractivity contribution in [1.82, 2.24) is 10.0 Å². The van der Waals surface area contributed by atoms with Crippen LogP contribution in [0.5, 0.6) is 0 Å². The zero-order chi connectivity index (χ0) is 13.6. The van der Waals surface area contributed by atoms with Gasteiger partial charge in [0, 0.05) is 13.1 Å². The minimum absolute atomic E-state index is 0.0475. The van der Waals surface area contributed by atoms with Gasteiger partial charge in [0.25, 0.3) is 0 Å². The van der Waals surface area contributed by atoms with Crippen LogP contribution in [-0.4, -0.2) is 28.1 Å². The molecule has 4 nitrogen and oxygen atoms in total. The van der Waals surface area contributed by atoms with E-state index < -0.39 is 15.8 Å². The van der Waals surface area contributed by atoms with Gasteiger partial charge in [-0.1, -0.05) is 6.92 Å². The van der Waals surface area contributed by atoms with Crippen molar-refractivity contribution < 1.29 is 12.8 Å². The maximum absolute atomic E-state index is 13.0. The third-order valence-electron chi connectivity index (χ3n) is 2.22. The first-order chi connectivity index (χ1) is 8.47. The van der Waals surface area contributed by atoms with Crippen LogP contribution in [0.4, 0.5) is 4.39 Å². The van der Waals surface area contributed by atoms with Crippen LogP contribution in [-0.2, 0) is 10.0 Å². The van der Waals surface area contributed by atoms with Crippen LogP contribution in [0.2, 0.25) is 0 Å². The Balaban J connectivity index is 2.60. The molecule has 0 saturated carbocycles. The second-order valence-corrected chi connectivity index (χ2v) is 6.34. The van der Waals surface area contributed by atoms with E-state index in [1.54, 1.807) is 0 Å². The topological polar surface area (TPSA) is 58.2 Å². The maximum Gasteiger partial charge on any atom is 0.240 e. The van der Waals surface area contributed by atoms with Crippen LogP contribution in [0.1, 0.15) is 13.3 Å². The lowest BCUT2D eigenvalue weighted by atomic mass is 10.3. The number of hydrogen-bond donors (Lipinski definition) is 2. The molecule has 1 aromatic carbocycles. The smallest absolute Gasteiger partial charge is 0.240 e. The Kier molecular flexibility index (Phi) is 6.20. The van der Waals surface area contributed by atoms with Crippen molar-refractivity contribution in [2.24, 2.45) is 0 Å². The first-order valence-corrected chi connectivity index (χ1v) is 7.90. The number of hydrogen-bond acceptors (Lipinski definition) is 3. The van der Waals surface area contributed by atoms with Crippen molar-refractivity contribution >= 4 is 26.0 Å². The number of nitrogens with one attached hydrogen (secondary N) is 2. The van der Waals surface area contributed by atoms with Crippen molar-refractivity contribution in [3.8, 4) is 0 Å². The molecule has 0 fully saturated rings. The highest BCUT2D eigenvalue weighted by Gasteiger charge is 2.14. The van der Waals surface area contributed by atoms with E-state index in [1.165, 1.54) is 12.1 Å². The molecule has 0 unspecified atom stereocenters. The quantitative estimate of drug-likeness (QED) is 0.746. The molecule has 2 N–H and O–H groups in total. The molecule has 0 saturated heterocycles. The third kappa shape index (κ3) is 4.64. The number of benzene rings is 1. The first-order valence-electron chi connectivity index (χ1n) is 5.63. The van der Waals surface area contributed by atoms with E-state index in [9.17, 15) is 12.8 Å². The first kappa shape index (κ1) is 15.6. The van der Waals surface area contributed by atoms with Crippen molar-refractivity contribution in [3.05, 3.63) is 28.5 Å². The molecule has 0 bridgehead atoms. The van der Waals surface area contributed by atoms with Gasteiger partial charge in [0.05, 0.1) is 9.37 Å². The molecule has 0 radical (unpaired) electrons. The highest BCUT2D eigenvalue weighted by atomic mass is 79.9. The molecular weight excluding hydrogens is 323 g/mol. The fourth-order valence-corrected chi connectivity index (χ4v) is 2.89. The minimum Gasteiger partial charge on any atom is -0.315 e. The normalized spacial score (nSPS) is 11.7. The zero-order valence-electron chi connectivity index (χ0n) is 10.0. The average Bonchev–Trinajstić information content (AvgIpc) is 2.32. The Morgan fingerprint density at radius 1 is 1.28 bits per heavy atom. The summed E-state index contributed by atoms with van der Waals surface area (Å²) in [4.78, 5) is 0.0475. The van der Waals surface area contributed by atoms with E-state index in [1.807, 2.05) is 6.92 Å². The fourth-order valence-electron chi connectivity index (χ4n) is 1.30. The predicted molar refractivity (Wildman–Crippen MR) is 72.4 cm³/mol. The molecule has 7 heteroatoms. The summed E-state index contributed by atoms with van der Waals surface area (Å²) >= 11 is 2.96. The van der Waals surface area contributed by atoms with Crippen molar-refractivity contribution in [3.63, 3.8) is 0 Å². The molecule has 0 aliphatic carbocycles. The van der Waals surface area contributed by atoms with Gasteiger partial charge < -0.3 is 5.32 Å². The van der Waals surface area contributed by atoms with Gasteiger partial charge in [0.2, 0.25) is 10.0 Å². The molecule has 0 aliphatic rings. The molecule has 1 aromatic rings. The number of sulfonamides is 1. The van der Waals surface area contributed by atoms with Crippen LogP contribution in [0, 0.1) is 5.82 Å². The Morgan fingerprint density at radius 2 is 2.00 bits per heavy atom. The van der Waals surface area contributed by atoms with Gasteiger partial charge in [-0.15, -0.1) is 0 Å². The Labute approximate surface area is 115 Å². The van der Waals surface area contributed by atoms with Crippen molar-refractivity contribution in [2.45, 2.75) is 18.2 Å². The van der Waals surface area contributed by atoms with Crippen LogP contribution >= 0.6 is 15.9 Å². The lowest BCUT2D eigenvalue weighted by molar-refractivity contribution is 0.574. The Hall–Kier alpha value is -0.500. The summed E-state index contributed by atoms with van der Waals surface area (Å²) in [5.41, 5.74) is 0. The maximum atomic E-state index is 13.0. The summed E-state index contributed by atoms with van der Waals surface area (Å²) in [6.45, 7) is 3.75. The molecule has 0 aliphatic heterocycles. The molecule has 1 rings (SSSR count). The summed E-state index contributed by atoms with van der Waals surface area (Å²) in [6, 6.07) is 3.60. The van der Waals surface area contributed by atoms with Gasteiger partial charge in [0.1, 0.15) is 5.82 Å². The fraction of sp³-hybridized carbons (Fsp3) is 0.455. The largest absolute Gasteiger partial charge is 0.315 e. The van der Waals surface area contributed by atoms with E-state index in [0.29, 0.717) is 13.1 Å². The van der Waals surface area contributed by atoms with E-state index >= 15 is 0 Å². The summed E-state index contributed by atoms with van der Waals surface area (Å²) in [5, 5.41) is 3.08. The summed E-state index contributed by atoms with van der Waals surface area (Å²) in [6.07, 6.45) is 0.998. The third-order valence-corrected chi connectivity index (χ3v) is 4.29. The van der Waals surface area contributed by atoms with Crippen LogP contribution in [0.15, 0.2) is 27.6 Å².